The molecule has 0 bridgehead atoms. The van der Waals surface area contributed by atoms with Crippen LogP contribution in [0.4, 0.5) is 0 Å². The second kappa shape index (κ2) is 2.83. The van der Waals surface area contributed by atoms with E-state index in [1.165, 1.54) is 5.01 Å². The zero-order chi connectivity index (χ0) is 9.35. The zero-order valence-electron chi connectivity index (χ0n) is 6.39. The molecule has 1 rings (SSSR count). The highest BCUT2D eigenvalue weighted by Crippen LogP contribution is 2.01. The van der Waals surface area contributed by atoms with Gasteiger partial charge in [-0.15, -0.1) is 0 Å². The lowest BCUT2D eigenvalue weighted by Gasteiger charge is -1.99. The van der Waals surface area contributed by atoms with Crippen LogP contribution in [0.5, 0.6) is 0 Å². The molecule has 0 saturated carbocycles. The Balaban J connectivity index is 2.78. The van der Waals surface area contributed by atoms with Crippen molar-refractivity contribution in [3.8, 4) is 0 Å². The van der Waals surface area contributed by atoms with Crippen molar-refractivity contribution in [3.63, 3.8) is 0 Å². The van der Waals surface area contributed by atoms with Crippen molar-refractivity contribution in [2.75, 3.05) is 19.3 Å². The number of likely N-dealkylation sites (N-methyl/N-ethyl adjacent to an activating group) is 1. The van der Waals surface area contributed by atoms with Crippen molar-refractivity contribution in [2.45, 2.75) is 0 Å². The summed E-state index contributed by atoms with van der Waals surface area (Å²) in [7, 11) is -2.59. The third kappa shape index (κ3) is 2.28. The van der Waals surface area contributed by atoms with Crippen molar-refractivity contribution >= 4 is 21.6 Å². The molecule has 0 spiro atoms. The lowest BCUT2D eigenvalue weighted by Crippen LogP contribution is -2.22. The molecule has 0 aromatic rings. The van der Waals surface area contributed by atoms with Gasteiger partial charge in [-0.25, -0.2) is 0 Å². The number of Topliss-reactive ketones (excluding diaryl/α,β-unsaturated/α-hetero) is 1. The molecular formula is C5H8N2O4S. The van der Waals surface area contributed by atoms with Crippen LogP contribution in [0.1, 0.15) is 0 Å². The van der Waals surface area contributed by atoms with Gasteiger partial charge >= 0.3 is 0 Å². The molecule has 1 heterocycles. The van der Waals surface area contributed by atoms with Gasteiger partial charge in [0.25, 0.3) is 10.1 Å². The Morgan fingerprint density at radius 3 is 2.58 bits per heavy atom. The molecule has 0 amide bonds. The first-order valence-corrected chi connectivity index (χ1v) is 4.76. The Labute approximate surface area is 69.6 Å². The van der Waals surface area contributed by atoms with E-state index in [1.807, 2.05) is 0 Å². The predicted octanol–water partition coefficient (Wildman–Crippen LogP) is -1.26. The number of rotatable bonds is 2. The van der Waals surface area contributed by atoms with Crippen LogP contribution in [0.2, 0.25) is 0 Å². The molecule has 68 valence electrons. The largest absolute Gasteiger partial charge is 0.292 e. The highest BCUT2D eigenvalue weighted by Gasteiger charge is 2.25. The van der Waals surface area contributed by atoms with Gasteiger partial charge in [0, 0.05) is 7.05 Å². The predicted molar refractivity (Wildman–Crippen MR) is 41.5 cm³/mol. The van der Waals surface area contributed by atoms with Crippen LogP contribution in [0.25, 0.3) is 0 Å². The van der Waals surface area contributed by atoms with Crippen LogP contribution in [-0.4, -0.2) is 48.8 Å². The van der Waals surface area contributed by atoms with Gasteiger partial charge in [0.15, 0.2) is 0 Å². The molecule has 0 unspecified atom stereocenters. The fourth-order valence-electron chi connectivity index (χ4n) is 0.878. The van der Waals surface area contributed by atoms with E-state index in [0.717, 1.165) is 0 Å². The Hall–Kier alpha value is -0.950. The number of ketones is 1. The van der Waals surface area contributed by atoms with Gasteiger partial charge < -0.3 is 0 Å². The topological polar surface area (TPSA) is 87.0 Å². The van der Waals surface area contributed by atoms with Crippen molar-refractivity contribution in [1.82, 2.24) is 5.01 Å². The highest BCUT2D eigenvalue weighted by atomic mass is 32.2. The first-order valence-electron chi connectivity index (χ1n) is 3.15. The number of hydrogen-bond acceptors (Lipinski definition) is 5. The van der Waals surface area contributed by atoms with E-state index in [1.54, 1.807) is 7.05 Å². The number of hydrazone groups is 1. The summed E-state index contributed by atoms with van der Waals surface area (Å²) in [6.45, 7) is 0.0743. The van der Waals surface area contributed by atoms with Crippen LogP contribution in [0.15, 0.2) is 5.10 Å². The van der Waals surface area contributed by atoms with Crippen LogP contribution in [0, 0.1) is 0 Å². The minimum Gasteiger partial charge on any atom is -0.292 e. The number of carbonyl (C=O) groups excluding carboxylic acids is 1. The van der Waals surface area contributed by atoms with Gasteiger partial charge in [0.2, 0.25) is 5.78 Å². The maximum absolute atomic E-state index is 10.9. The number of hydrogen-bond donors (Lipinski definition) is 1. The summed E-state index contributed by atoms with van der Waals surface area (Å²) in [4.78, 5) is 10.9. The molecule has 6 nitrogen and oxygen atoms in total. The van der Waals surface area contributed by atoms with E-state index in [9.17, 15) is 13.2 Å². The lowest BCUT2D eigenvalue weighted by molar-refractivity contribution is -0.112. The van der Waals surface area contributed by atoms with Crippen molar-refractivity contribution in [1.29, 1.82) is 0 Å². The quantitative estimate of drug-likeness (QED) is 0.552. The average molecular weight is 192 g/mol. The Bertz CT molecular complexity index is 331. The van der Waals surface area contributed by atoms with Crippen molar-refractivity contribution < 1.29 is 17.8 Å². The molecule has 0 aromatic heterocycles. The van der Waals surface area contributed by atoms with Gasteiger partial charge in [-0.05, 0) is 0 Å². The van der Waals surface area contributed by atoms with Crippen LogP contribution in [0.3, 0.4) is 0 Å². The van der Waals surface area contributed by atoms with Gasteiger partial charge in [-0.2, -0.15) is 13.5 Å². The molecular weight excluding hydrogens is 184 g/mol. The minimum atomic E-state index is -4.14. The summed E-state index contributed by atoms with van der Waals surface area (Å²) in [6.07, 6.45) is 0. The highest BCUT2D eigenvalue weighted by molar-refractivity contribution is 7.86. The summed E-state index contributed by atoms with van der Waals surface area (Å²) < 4.78 is 29.1. The first-order chi connectivity index (χ1) is 5.38. The zero-order valence-corrected chi connectivity index (χ0v) is 7.21. The van der Waals surface area contributed by atoms with Crippen molar-refractivity contribution in [2.24, 2.45) is 5.10 Å². The van der Waals surface area contributed by atoms with E-state index in [-0.39, 0.29) is 18.0 Å². The number of nitrogens with zero attached hydrogens (tertiary/aromatic N) is 2. The van der Waals surface area contributed by atoms with Crippen LogP contribution < -0.4 is 0 Å². The molecule has 0 aromatic carbocycles. The summed E-state index contributed by atoms with van der Waals surface area (Å²) in [6, 6.07) is 0. The average Bonchev–Trinajstić information content (AvgIpc) is 2.06. The van der Waals surface area contributed by atoms with Gasteiger partial charge in [0.05, 0.1) is 0 Å². The standard InChI is InChI=1S/C5H8N2O4S/c1-7-2-5(8)4(6-7)3-12(9,10)11/h2-3H2,1H3,(H,9,10,11). The fraction of sp³-hybridized carbons (Fsp3) is 0.600. The third-order valence-electron chi connectivity index (χ3n) is 1.30. The molecule has 7 heteroatoms. The minimum absolute atomic E-state index is 0.0743. The van der Waals surface area contributed by atoms with E-state index in [2.05, 4.69) is 5.10 Å². The number of carbonyl (C=O) groups is 1. The van der Waals surface area contributed by atoms with E-state index < -0.39 is 15.9 Å². The maximum atomic E-state index is 10.9. The molecule has 1 N–H and O–H groups in total. The maximum Gasteiger partial charge on any atom is 0.270 e. The summed E-state index contributed by atoms with van der Waals surface area (Å²) in [5, 5.41) is 4.94. The molecule has 0 radical (unpaired) electrons. The molecule has 0 aliphatic carbocycles. The SMILES string of the molecule is CN1CC(=O)C(CS(=O)(=O)O)=N1. The molecule has 1 aliphatic rings. The van der Waals surface area contributed by atoms with Crippen molar-refractivity contribution in [3.05, 3.63) is 0 Å². The lowest BCUT2D eigenvalue weighted by atomic mass is 10.3. The Morgan fingerprint density at radius 1 is 1.67 bits per heavy atom. The van der Waals surface area contributed by atoms with E-state index in [4.69, 9.17) is 4.55 Å². The summed E-state index contributed by atoms with van der Waals surface area (Å²) >= 11 is 0. The van der Waals surface area contributed by atoms with Gasteiger partial charge in [-0.3, -0.25) is 14.4 Å². The molecule has 12 heavy (non-hydrogen) atoms. The summed E-state index contributed by atoms with van der Waals surface area (Å²) in [5.74, 6) is -1.06. The van der Waals surface area contributed by atoms with E-state index in [0.29, 0.717) is 0 Å². The summed E-state index contributed by atoms with van der Waals surface area (Å²) in [5.41, 5.74) is -0.111. The van der Waals surface area contributed by atoms with Crippen LogP contribution >= 0.6 is 0 Å². The fourth-order valence-corrected chi connectivity index (χ4v) is 1.44. The second-order valence-electron chi connectivity index (χ2n) is 2.51. The van der Waals surface area contributed by atoms with Crippen LogP contribution in [-0.2, 0) is 14.9 Å². The van der Waals surface area contributed by atoms with Gasteiger partial charge in [0.1, 0.15) is 18.0 Å². The third-order valence-corrected chi connectivity index (χ3v) is 1.94. The monoisotopic (exact) mass is 192 g/mol. The van der Waals surface area contributed by atoms with Gasteiger partial charge in [-0.1, -0.05) is 0 Å². The molecule has 0 saturated heterocycles. The molecule has 1 aliphatic heterocycles. The normalized spacial score (nSPS) is 18.3. The molecule has 0 fully saturated rings. The van der Waals surface area contributed by atoms with E-state index >= 15 is 0 Å². The Morgan fingerprint density at radius 2 is 2.25 bits per heavy atom. The smallest absolute Gasteiger partial charge is 0.270 e. The molecule has 0 atom stereocenters. The Kier molecular flexibility index (Phi) is 2.16. The second-order valence-corrected chi connectivity index (χ2v) is 3.96. The first kappa shape index (κ1) is 9.14.